The fraction of sp³-hybridized carbons (Fsp3) is 0. The van der Waals surface area contributed by atoms with Gasteiger partial charge in [-0.3, -0.25) is 0 Å². The highest BCUT2D eigenvalue weighted by Crippen LogP contribution is 2.44. The lowest BCUT2D eigenvalue weighted by atomic mass is 9.96. The zero-order valence-electron chi connectivity index (χ0n) is 29.6. The Morgan fingerprint density at radius 2 is 1.05 bits per heavy atom. The molecule has 8 aromatic carbocycles. The van der Waals surface area contributed by atoms with Gasteiger partial charge in [-0.25, -0.2) is 0 Å². The molecule has 12 aromatic rings. The van der Waals surface area contributed by atoms with Crippen molar-refractivity contribution in [1.82, 2.24) is 9.13 Å². The lowest BCUT2D eigenvalue weighted by Crippen LogP contribution is -2.02. The van der Waals surface area contributed by atoms with Crippen molar-refractivity contribution in [3.63, 3.8) is 0 Å². The Hall–Kier alpha value is -8.06. The summed E-state index contributed by atoms with van der Waals surface area (Å²) < 4.78 is 17.3. The number of nitriles is 2. The molecule has 0 aliphatic heterocycles. The number of rotatable bonds is 3. The number of hydrogen-bond donors (Lipinski definition) is 0. The predicted molar refractivity (Wildman–Crippen MR) is 225 cm³/mol. The van der Waals surface area contributed by atoms with Gasteiger partial charge >= 0.3 is 0 Å². The van der Waals surface area contributed by atoms with Crippen LogP contribution < -0.4 is 0 Å². The molecule has 0 atom stereocenters. The fourth-order valence-corrected chi connectivity index (χ4v) is 9.03. The van der Waals surface area contributed by atoms with Crippen LogP contribution in [0, 0.1) is 22.7 Å². The van der Waals surface area contributed by atoms with Crippen molar-refractivity contribution >= 4 is 87.5 Å². The highest BCUT2D eigenvalue weighted by molar-refractivity contribution is 6.24. The van der Waals surface area contributed by atoms with E-state index in [9.17, 15) is 10.5 Å². The van der Waals surface area contributed by atoms with Gasteiger partial charge in [-0.2, -0.15) is 10.5 Å². The van der Waals surface area contributed by atoms with E-state index >= 15 is 0 Å². The molecule has 0 aliphatic rings. The summed E-state index contributed by atoms with van der Waals surface area (Å²) in [5.74, 6) is 0. The summed E-state index contributed by atoms with van der Waals surface area (Å²) in [5.41, 5.74) is 11.5. The molecule has 4 aromatic heterocycles. The van der Waals surface area contributed by atoms with E-state index in [1.165, 1.54) is 0 Å². The van der Waals surface area contributed by atoms with Gasteiger partial charge in [0.2, 0.25) is 0 Å². The van der Waals surface area contributed by atoms with E-state index in [1.54, 1.807) is 0 Å². The van der Waals surface area contributed by atoms with Crippen LogP contribution in [0.1, 0.15) is 11.1 Å². The largest absolute Gasteiger partial charge is 0.456 e. The second-order valence-electron chi connectivity index (χ2n) is 14.3. The summed E-state index contributed by atoms with van der Waals surface area (Å²) in [6.07, 6.45) is 0. The van der Waals surface area contributed by atoms with E-state index in [2.05, 4.69) is 100 Å². The van der Waals surface area contributed by atoms with E-state index in [4.69, 9.17) is 8.83 Å². The molecule has 0 unspecified atom stereocenters. The number of benzene rings is 8. The van der Waals surface area contributed by atoms with Crippen molar-refractivity contribution in [1.29, 1.82) is 10.5 Å². The van der Waals surface area contributed by atoms with Gasteiger partial charge in [0, 0.05) is 43.3 Å². The second-order valence-corrected chi connectivity index (χ2v) is 14.3. The molecule has 0 spiro atoms. The molecule has 12 rings (SSSR count). The predicted octanol–water partition coefficient (Wildman–Crippen LogP) is 13.1. The van der Waals surface area contributed by atoms with Crippen LogP contribution in [0.4, 0.5) is 0 Å². The third-order valence-electron chi connectivity index (χ3n) is 11.4. The van der Waals surface area contributed by atoms with Gasteiger partial charge < -0.3 is 18.0 Å². The van der Waals surface area contributed by atoms with Crippen molar-refractivity contribution in [2.24, 2.45) is 0 Å². The quantitative estimate of drug-likeness (QED) is 0.182. The Bertz CT molecular complexity index is 3750. The molecule has 0 amide bonds. The average molecular weight is 715 g/mol. The summed E-state index contributed by atoms with van der Waals surface area (Å²) >= 11 is 0. The maximum atomic E-state index is 10.7. The Kier molecular flexibility index (Phi) is 6.10. The van der Waals surface area contributed by atoms with Crippen LogP contribution in [-0.2, 0) is 0 Å². The summed E-state index contributed by atoms with van der Waals surface area (Å²) in [5, 5.41) is 29.7. The smallest absolute Gasteiger partial charge is 0.145 e. The molecule has 4 heterocycles. The molecule has 0 N–H and O–H groups in total. The van der Waals surface area contributed by atoms with E-state index in [1.807, 2.05) is 78.9 Å². The molecule has 0 fully saturated rings. The molecule has 0 saturated heterocycles. The summed E-state index contributed by atoms with van der Waals surface area (Å²) in [6, 6.07) is 58.2. The van der Waals surface area contributed by atoms with Crippen LogP contribution in [0.25, 0.3) is 110 Å². The maximum absolute atomic E-state index is 10.7. The number of aromatic nitrogens is 2. The first-order valence-electron chi connectivity index (χ1n) is 18.5. The van der Waals surface area contributed by atoms with Gasteiger partial charge in [-0.15, -0.1) is 0 Å². The molecule has 258 valence electrons. The molecular formula is C50H26N4O2. The third-order valence-corrected chi connectivity index (χ3v) is 11.4. The first-order chi connectivity index (χ1) is 27.7. The van der Waals surface area contributed by atoms with E-state index in [0.29, 0.717) is 11.1 Å². The summed E-state index contributed by atoms with van der Waals surface area (Å²) in [4.78, 5) is 0. The van der Waals surface area contributed by atoms with Crippen LogP contribution >= 0.6 is 0 Å². The van der Waals surface area contributed by atoms with E-state index in [0.717, 1.165) is 110 Å². The van der Waals surface area contributed by atoms with Crippen molar-refractivity contribution in [3.05, 3.63) is 169 Å². The van der Waals surface area contributed by atoms with Crippen molar-refractivity contribution in [2.45, 2.75) is 0 Å². The van der Waals surface area contributed by atoms with E-state index < -0.39 is 0 Å². The van der Waals surface area contributed by atoms with Crippen LogP contribution in [0.2, 0.25) is 0 Å². The molecule has 0 saturated carbocycles. The maximum Gasteiger partial charge on any atom is 0.145 e. The molecule has 6 heteroatoms. The Labute approximate surface area is 318 Å². The van der Waals surface area contributed by atoms with Gasteiger partial charge in [-0.1, -0.05) is 84.9 Å². The minimum atomic E-state index is 0.517. The standard InChI is InChI=1S/C50H26N4O2/c51-27-30-21-20-29(24-43(30)53-40-16-6-2-14-36(40)49-42(53)23-22-35-33-12-3-8-19-46(33)56-50(35)49)48-31(28-52)10-9-17-41(48)54-39-15-5-1-11-32(39)37-26-47-38(25-44(37)54)34-13-4-7-18-45(34)55-47/h1-26H. The van der Waals surface area contributed by atoms with Crippen LogP contribution in [0.3, 0.4) is 0 Å². The summed E-state index contributed by atoms with van der Waals surface area (Å²) in [7, 11) is 0. The third kappa shape index (κ3) is 4.02. The Morgan fingerprint density at radius 1 is 0.393 bits per heavy atom. The Balaban J connectivity index is 1.16. The van der Waals surface area contributed by atoms with Gasteiger partial charge in [0.1, 0.15) is 28.4 Å². The van der Waals surface area contributed by atoms with Crippen LogP contribution in [0.5, 0.6) is 0 Å². The topological polar surface area (TPSA) is 83.7 Å². The first kappa shape index (κ1) is 30.4. The second kappa shape index (κ2) is 11.2. The van der Waals surface area contributed by atoms with Crippen LogP contribution in [-0.4, -0.2) is 9.13 Å². The zero-order chi connectivity index (χ0) is 37.1. The minimum Gasteiger partial charge on any atom is -0.456 e. The van der Waals surface area contributed by atoms with Crippen molar-refractivity contribution in [2.75, 3.05) is 0 Å². The van der Waals surface area contributed by atoms with Crippen LogP contribution in [0.15, 0.2) is 167 Å². The van der Waals surface area contributed by atoms with E-state index in [-0.39, 0.29) is 0 Å². The molecular weight excluding hydrogens is 689 g/mol. The van der Waals surface area contributed by atoms with Gasteiger partial charge in [-0.05, 0) is 78.4 Å². The molecule has 0 radical (unpaired) electrons. The average Bonchev–Trinajstić information content (AvgIpc) is 3.99. The molecule has 0 aliphatic carbocycles. The minimum absolute atomic E-state index is 0.517. The van der Waals surface area contributed by atoms with Gasteiger partial charge in [0.15, 0.2) is 0 Å². The number of para-hydroxylation sites is 4. The molecule has 56 heavy (non-hydrogen) atoms. The first-order valence-corrected chi connectivity index (χ1v) is 18.5. The number of nitrogens with zero attached hydrogens (tertiary/aromatic N) is 4. The van der Waals surface area contributed by atoms with Crippen molar-refractivity contribution < 1.29 is 8.83 Å². The zero-order valence-corrected chi connectivity index (χ0v) is 29.6. The fourth-order valence-electron chi connectivity index (χ4n) is 9.03. The van der Waals surface area contributed by atoms with Crippen molar-refractivity contribution in [3.8, 4) is 34.6 Å². The number of hydrogen-bond acceptors (Lipinski definition) is 4. The Morgan fingerprint density at radius 3 is 1.84 bits per heavy atom. The number of furan rings is 2. The number of fused-ring (bicyclic) bond motifs is 13. The highest BCUT2D eigenvalue weighted by atomic mass is 16.3. The van der Waals surface area contributed by atoms with Gasteiger partial charge in [0.25, 0.3) is 0 Å². The summed E-state index contributed by atoms with van der Waals surface area (Å²) in [6.45, 7) is 0. The monoisotopic (exact) mass is 714 g/mol. The normalized spacial score (nSPS) is 11.9. The highest BCUT2D eigenvalue weighted by Gasteiger charge is 2.23. The SMILES string of the molecule is N#Cc1ccc(-c2c(C#N)cccc2-n2c3ccccc3c3cc4oc5ccccc5c4cc32)cc1-n1c2ccccc2c2c3oc4ccccc4c3ccc21. The van der Waals surface area contributed by atoms with Gasteiger partial charge in [0.05, 0.1) is 56.0 Å². The lowest BCUT2D eigenvalue weighted by Gasteiger charge is -2.17. The lowest BCUT2D eigenvalue weighted by molar-refractivity contribution is 0.669. The molecule has 6 nitrogen and oxygen atoms in total. The molecule has 0 bridgehead atoms.